The van der Waals surface area contributed by atoms with Crippen molar-refractivity contribution >= 4 is 19.9 Å². The molecule has 0 aliphatic rings. The maximum absolute atomic E-state index is 5.99. The lowest BCUT2D eigenvalue weighted by Crippen LogP contribution is -2.30. The van der Waals surface area contributed by atoms with Crippen LogP contribution in [0.5, 0.6) is 0 Å². The maximum atomic E-state index is 5.99. The van der Waals surface area contributed by atoms with Crippen molar-refractivity contribution in [3.05, 3.63) is 12.3 Å². The van der Waals surface area contributed by atoms with Gasteiger partial charge in [-0.15, -0.1) is 11.6 Å². The Morgan fingerprint density at radius 3 is 1.82 bits per heavy atom. The molecule has 0 saturated carbocycles. The Morgan fingerprint density at radius 1 is 1.36 bits per heavy atom. The highest BCUT2D eigenvalue weighted by Crippen LogP contribution is 2.25. The second-order valence-electron chi connectivity index (χ2n) is 4.11. The number of alkyl halides is 1. The van der Waals surface area contributed by atoms with Crippen LogP contribution in [0.3, 0.4) is 0 Å². The Balaban J connectivity index is 4.11. The Labute approximate surface area is 75.5 Å². The summed E-state index contributed by atoms with van der Waals surface area (Å²) < 4.78 is 5.61. The van der Waals surface area contributed by atoms with Crippen molar-refractivity contribution in [1.82, 2.24) is 0 Å². The van der Waals surface area contributed by atoms with Crippen LogP contribution in [0.4, 0.5) is 0 Å². The molecule has 3 heteroatoms. The van der Waals surface area contributed by atoms with Gasteiger partial charge in [0, 0.05) is 0 Å². The summed E-state index contributed by atoms with van der Waals surface area (Å²) in [5.41, 5.74) is 0. The first-order chi connectivity index (χ1) is 4.63. The fourth-order valence-corrected chi connectivity index (χ4v) is 1.59. The van der Waals surface area contributed by atoms with E-state index in [1.807, 2.05) is 13.8 Å². The standard InChI is InChI=1S/C8H17ClOSi/c1-7(8(2,3)9)10-11(4,5)6/h1H2,2-6H3. The van der Waals surface area contributed by atoms with E-state index in [9.17, 15) is 0 Å². The van der Waals surface area contributed by atoms with Crippen molar-refractivity contribution in [3.8, 4) is 0 Å². The highest BCUT2D eigenvalue weighted by atomic mass is 35.5. The monoisotopic (exact) mass is 192 g/mol. The smallest absolute Gasteiger partial charge is 0.241 e. The van der Waals surface area contributed by atoms with Gasteiger partial charge in [-0.3, -0.25) is 0 Å². The third-order valence-electron chi connectivity index (χ3n) is 1.09. The summed E-state index contributed by atoms with van der Waals surface area (Å²) in [5, 5.41) is 0. The lowest BCUT2D eigenvalue weighted by molar-refractivity contribution is 0.378. The van der Waals surface area contributed by atoms with Gasteiger partial charge >= 0.3 is 0 Å². The molecule has 0 N–H and O–H groups in total. The first kappa shape index (κ1) is 11.0. The number of hydrogen-bond donors (Lipinski definition) is 0. The molecule has 0 amide bonds. The van der Waals surface area contributed by atoms with Gasteiger partial charge in [0.1, 0.15) is 0 Å². The second-order valence-corrected chi connectivity index (χ2v) is 9.48. The molecule has 1 nitrogen and oxygen atoms in total. The van der Waals surface area contributed by atoms with Crippen LogP contribution in [-0.4, -0.2) is 13.2 Å². The molecule has 0 heterocycles. The van der Waals surface area contributed by atoms with Crippen LogP contribution < -0.4 is 0 Å². The molecule has 0 aromatic carbocycles. The molecular formula is C8H17ClOSi. The van der Waals surface area contributed by atoms with Gasteiger partial charge in [-0.2, -0.15) is 0 Å². The minimum atomic E-state index is -1.51. The van der Waals surface area contributed by atoms with Crippen LogP contribution in [0.2, 0.25) is 19.6 Å². The fraction of sp³-hybridized carbons (Fsp3) is 0.750. The SMILES string of the molecule is C=C(O[Si](C)(C)C)C(C)(C)Cl. The van der Waals surface area contributed by atoms with Gasteiger partial charge < -0.3 is 4.43 Å². The number of hydrogen-bond acceptors (Lipinski definition) is 1. The Hall–Kier alpha value is 0.0469. The zero-order chi connectivity index (χ0) is 9.28. The first-order valence-corrected chi connectivity index (χ1v) is 7.49. The van der Waals surface area contributed by atoms with Gasteiger partial charge in [-0.05, 0) is 33.5 Å². The minimum absolute atomic E-state index is 0.444. The molecule has 0 radical (unpaired) electrons. The summed E-state index contributed by atoms with van der Waals surface area (Å²) in [6.07, 6.45) is 0. The van der Waals surface area contributed by atoms with E-state index < -0.39 is 13.2 Å². The predicted molar refractivity (Wildman–Crippen MR) is 53.5 cm³/mol. The number of halogens is 1. The highest BCUT2D eigenvalue weighted by molar-refractivity contribution is 6.70. The summed E-state index contributed by atoms with van der Waals surface area (Å²) in [5.74, 6) is 0.679. The lowest BCUT2D eigenvalue weighted by atomic mass is 10.2. The summed E-state index contributed by atoms with van der Waals surface area (Å²) >= 11 is 5.99. The van der Waals surface area contributed by atoms with Gasteiger partial charge in [0.15, 0.2) is 0 Å². The zero-order valence-corrected chi connectivity index (χ0v) is 9.75. The molecule has 11 heavy (non-hydrogen) atoms. The quantitative estimate of drug-likeness (QED) is 0.379. The molecule has 0 aliphatic heterocycles. The highest BCUT2D eigenvalue weighted by Gasteiger charge is 2.25. The molecule has 0 fully saturated rings. The van der Waals surface area contributed by atoms with E-state index in [2.05, 4.69) is 26.2 Å². The average Bonchev–Trinajstić information content (AvgIpc) is 1.56. The Morgan fingerprint density at radius 2 is 1.73 bits per heavy atom. The van der Waals surface area contributed by atoms with Crippen molar-refractivity contribution in [2.75, 3.05) is 0 Å². The van der Waals surface area contributed by atoms with Gasteiger partial charge in [0.25, 0.3) is 0 Å². The van der Waals surface area contributed by atoms with E-state index in [0.29, 0.717) is 5.76 Å². The molecule has 0 spiro atoms. The predicted octanol–water partition coefficient (Wildman–Crippen LogP) is 3.37. The van der Waals surface area contributed by atoms with Gasteiger partial charge in [-0.1, -0.05) is 6.58 Å². The molecule has 0 rings (SSSR count). The van der Waals surface area contributed by atoms with E-state index in [0.717, 1.165) is 0 Å². The van der Waals surface area contributed by atoms with Crippen molar-refractivity contribution in [2.24, 2.45) is 0 Å². The largest absolute Gasteiger partial charge is 0.546 e. The van der Waals surface area contributed by atoms with Crippen LogP contribution in [0.1, 0.15) is 13.8 Å². The first-order valence-electron chi connectivity index (χ1n) is 3.70. The molecule has 0 saturated heterocycles. The lowest BCUT2D eigenvalue weighted by Gasteiger charge is -2.27. The second kappa shape index (κ2) is 3.19. The van der Waals surface area contributed by atoms with E-state index in [1.54, 1.807) is 0 Å². The van der Waals surface area contributed by atoms with Crippen LogP contribution >= 0.6 is 11.6 Å². The van der Waals surface area contributed by atoms with Crippen molar-refractivity contribution in [3.63, 3.8) is 0 Å². The number of allylic oxidation sites excluding steroid dienone is 1. The molecule has 0 aliphatic carbocycles. The molecule has 0 aromatic heterocycles. The summed E-state index contributed by atoms with van der Waals surface area (Å²) in [6, 6.07) is 0. The third-order valence-corrected chi connectivity index (χ3v) is 2.16. The molecule has 0 bridgehead atoms. The molecular weight excluding hydrogens is 176 g/mol. The van der Waals surface area contributed by atoms with E-state index in [1.165, 1.54) is 0 Å². The third kappa shape index (κ3) is 5.33. The normalized spacial score (nSPS) is 12.9. The van der Waals surface area contributed by atoms with Crippen molar-refractivity contribution in [1.29, 1.82) is 0 Å². The van der Waals surface area contributed by atoms with Crippen molar-refractivity contribution < 1.29 is 4.43 Å². The van der Waals surface area contributed by atoms with Gasteiger partial charge in [0.05, 0.1) is 10.6 Å². The van der Waals surface area contributed by atoms with Gasteiger partial charge in [0.2, 0.25) is 8.32 Å². The Bertz CT molecular complexity index is 152. The topological polar surface area (TPSA) is 9.23 Å². The maximum Gasteiger partial charge on any atom is 0.241 e. The number of rotatable bonds is 3. The average molecular weight is 193 g/mol. The minimum Gasteiger partial charge on any atom is -0.546 e. The fourth-order valence-electron chi connectivity index (χ4n) is 0.491. The molecule has 0 unspecified atom stereocenters. The van der Waals surface area contributed by atoms with Crippen LogP contribution in [-0.2, 0) is 4.43 Å². The molecule has 0 atom stereocenters. The van der Waals surface area contributed by atoms with Crippen LogP contribution in [0, 0.1) is 0 Å². The van der Waals surface area contributed by atoms with Crippen molar-refractivity contribution in [2.45, 2.75) is 38.4 Å². The summed E-state index contributed by atoms with van der Waals surface area (Å²) in [6.45, 7) is 13.9. The van der Waals surface area contributed by atoms with E-state index in [4.69, 9.17) is 16.0 Å². The van der Waals surface area contributed by atoms with Crippen LogP contribution in [0.25, 0.3) is 0 Å². The van der Waals surface area contributed by atoms with E-state index >= 15 is 0 Å². The molecule has 66 valence electrons. The Kier molecular flexibility index (Phi) is 3.21. The van der Waals surface area contributed by atoms with E-state index in [-0.39, 0.29) is 0 Å². The van der Waals surface area contributed by atoms with Crippen LogP contribution in [0.15, 0.2) is 12.3 Å². The summed E-state index contributed by atoms with van der Waals surface area (Å²) in [4.78, 5) is -0.444. The summed E-state index contributed by atoms with van der Waals surface area (Å²) in [7, 11) is -1.51. The zero-order valence-electron chi connectivity index (χ0n) is 7.99. The van der Waals surface area contributed by atoms with Gasteiger partial charge in [-0.25, -0.2) is 0 Å². The molecule has 0 aromatic rings.